The number of carbonyl (C=O) groups is 1. The standard InChI is InChI=1S/C22H32O2S2/c1-3-5-7-9-18-14-19-20(25-18)15-21(26-19)22(23)24-17-12-10-16(11-13-17)8-6-4-2/h14-17H,3-13H2,1-2H3. The summed E-state index contributed by atoms with van der Waals surface area (Å²) in [6, 6.07) is 4.32. The Morgan fingerprint density at radius 1 is 1.00 bits per heavy atom. The van der Waals surface area contributed by atoms with Crippen LogP contribution in [0.15, 0.2) is 12.1 Å². The highest BCUT2D eigenvalue weighted by Gasteiger charge is 2.25. The van der Waals surface area contributed by atoms with E-state index in [9.17, 15) is 4.79 Å². The lowest BCUT2D eigenvalue weighted by Crippen LogP contribution is -2.24. The van der Waals surface area contributed by atoms with Gasteiger partial charge in [0.2, 0.25) is 0 Å². The fourth-order valence-corrected chi connectivity index (χ4v) is 6.25. The molecule has 0 bridgehead atoms. The molecule has 2 heterocycles. The maximum Gasteiger partial charge on any atom is 0.348 e. The van der Waals surface area contributed by atoms with E-state index in [2.05, 4.69) is 19.9 Å². The minimum Gasteiger partial charge on any atom is -0.458 e. The SMILES string of the molecule is CCCCCc1cc2sc(C(=O)OC3CCC(CCCC)CC3)cc2s1. The van der Waals surface area contributed by atoms with Gasteiger partial charge in [-0.15, -0.1) is 22.7 Å². The first-order chi connectivity index (χ1) is 12.7. The molecule has 2 aromatic heterocycles. The third kappa shape index (κ3) is 5.32. The number of hydrogen-bond donors (Lipinski definition) is 0. The van der Waals surface area contributed by atoms with Crippen LogP contribution in [0.2, 0.25) is 0 Å². The van der Waals surface area contributed by atoms with E-state index in [0.29, 0.717) is 0 Å². The lowest BCUT2D eigenvalue weighted by Gasteiger charge is -2.28. The summed E-state index contributed by atoms with van der Waals surface area (Å²) in [4.78, 5) is 14.7. The van der Waals surface area contributed by atoms with Crippen LogP contribution >= 0.6 is 22.7 Å². The number of fused-ring (bicyclic) bond motifs is 1. The first kappa shape index (κ1) is 19.9. The van der Waals surface area contributed by atoms with E-state index in [1.165, 1.54) is 72.1 Å². The molecule has 2 nitrogen and oxygen atoms in total. The van der Waals surface area contributed by atoms with Gasteiger partial charge in [0.15, 0.2) is 0 Å². The van der Waals surface area contributed by atoms with Gasteiger partial charge in [-0.2, -0.15) is 0 Å². The molecule has 3 rings (SSSR count). The molecular formula is C22H32O2S2. The van der Waals surface area contributed by atoms with Gasteiger partial charge < -0.3 is 4.74 Å². The van der Waals surface area contributed by atoms with Crippen LogP contribution < -0.4 is 0 Å². The quantitative estimate of drug-likeness (QED) is 0.324. The van der Waals surface area contributed by atoms with Crippen molar-refractivity contribution in [3.05, 3.63) is 21.9 Å². The Balaban J connectivity index is 1.49. The molecule has 1 saturated carbocycles. The van der Waals surface area contributed by atoms with Gasteiger partial charge in [-0.25, -0.2) is 4.79 Å². The lowest BCUT2D eigenvalue weighted by molar-refractivity contribution is 0.0166. The second-order valence-corrected chi connectivity index (χ2v) is 9.95. The molecule has 0 aliphatic heterocycles. The molecule has 1 aliphatic carbocycles. The fourth-order valence-electron chi connectivity index (χ4n) is 3.90. The van der Waals surface area contributed by atoms with E-state index in [1.54, 1.807) is 11.3 Å². The van der Waals surface area contributed by atoms with E-state index in [1.807, 2.05) is 17.4 Å². The molecule has 1 aliphatic rings. The molecule has 0 radical (unpaired) electrons. The van der Waals surface area contributed by atoms with Gasteiger partial charge in [0.1, 0.15) is 11.0 Å². The van der Waals surface area contributed by atoms with Crippen LogP contribution in [0.1, 0.15) is 92.6 Å². The van der Waals surface area contributed by atoms with Crippen LogP contribution in [0.25, 0.3) is 9.40 Å². The average molecular weight is 393 g/mol. The summed E-state index contributed by atoms with van der Waals surface area (Å²) in [5.41, 5.74) is 0. The van der Waals surface area contributed by atoms with Crippen molar-refractivity contribution in [2.45, 2.75) is 90.6 Å². The monoisotopic (exact) mass is 392 g/mol. The van der Waals surface area contributed by atoms with Gasteiger partial charge >= 0.3 is 5.97 Å². The van der Waals surface area contributed by atoms with Crippen LogP contribution in [-0.2, 0) is 11.2 Å². The average Bonchev–Trinajstić information content (AvgIpc) is 3.20. The number of rotatable bonds is 9. The molecule has 0 saturated heterocycles. The summed E-state index contributed by atoms with van der Waals surface area (Å²) >= 11 is 3.44. The van der Waals surface area contributed by atoms with E-state index in [-0.39, 0.29) is 12.1 Å². The first-order valence-electron chi connectivity index (χ1n) is 10.4. The van der Waals surface area contributed by atoms with Crippen molar-refractivity contribution >= 4 is 38.0 Å². The summed E-state index contributed by atoms with van der Waals surface area (Å²) in [6.07, 6.45) is 13.6. The van der Waals surface area contributed by atoms with Crippen molar-refractivity contribution in [2.75, 3.05) is 0 Å². The minimum absolute atomic E-state index is 0.108. The van der Waals surface area contributed by atoms with Crippen molar-refractivity contribution in [3.63, 3.8) is 0 Å². The number of ether oxygens (including phenoxy) is 1. The van der Waals surface area contributed by atoms with Gasteiger partial charge in [0.05, 0.1) is 0 Å². The van der Waals surface area contributed by atoms with Crippen molar-refractivity contribution in [3.8, 4) is 0 Å². The first-order valence-corrected chi connectivity index (χ1v) is 12.1. The molecule has 0 N–H and O–H groups in total. The van der Waals surface area contributed by atoms with Gasteiger partial charge in [-0.05, 0) is 56.6 Å². The maximum atomic E-state index is 12.5. The molecule has 1 fully saturated rings. The predicted octanol–water partition coefficient (Wildman–Crippen LogP) is 7.60. The second-order valence-electron chi connectivity index (χ2n) is 7.70. The van der Waals surface area contributed by atoms with Crippen LogP contribution in [-0.4, -0.2) is 12.1 Å². The van der Waals surface area contributed by atoms with E-state index >= 15 is 0 Å². The Morgan fingerprint density at radius 3 is 2.42 bits per heavy atom. The highest BCUT2D eigenvalue weighted by molar-refractivity contribution is 7.28. The summed E-state index contributed by atoms with van der Waals surface area (Å²) in [6.45, 7) is 4.50. The van der Waals surface area contributed by atoms with Gasteiger partial charge in [-0.3, -0.25) is 0 Å². The van der Waals surface area contributed by atoms with Gasteiger partial charge in [0, 0.05) is 14.3 Å². The van der Waals surface area contributed by atoms with Crippen LogP contribution in [0, 0.1) is 5.92 Å². The Labute approximate surface area is 166 Å². The van der Waals surface area contributed by atoms with Crippen molar-refractivity contribution in [1.29, 1.82) is 0 Å². The molecule has 4 heteroatoms. The molecule has 0 aromatic carbocycles. The zero-order valence-electron chi connectivity index (χ0n) is 16.2. The molecule has 144 valence electrons. The Bertz CT molecular complexity index is 661. The van der Waals surface area contributed by atoms with E-state index in [0.717, 1.165) is 23.6 Å². The molecule has 2 aromatic rings. The van der Waals surface area contributed by atoms with Crippen molar-refractivity contribution < 1.29 is 9.53 Å². The van der Waals surface area contributed by atoms with E-state index < -0.39 is 0 Å². The topological polar surface area (TPSA) is 26.3 Å². The number of aryl methyl sites for hydroxylation is 1. The highest BCUT2D eigenvalue weighted by Crippen LogP contribution is 2.35. The summed E-state index contributed by atoms with van der Waals surface area (Å²) in [5, 5.41) is 0. The molecule has 0 amide bonds. The third-order valence-corrected chi connectivity index (χ3v) is 7.85. The number of thiophene rings is 2. The number of unbranched alkanes of at least 4 members (excludes halogenated alkanes) is 3. The van der Waals surface area contributed by atoms with Crippen LogP contribution in [0.5, 0.6) is 0 Å². The Kier molecular flexibility index (Phi) is 7.56. The predicted molar refractivity (Wildman–Crippen MR) is 114 cm³/mol. The molecule has 0 spiro atoms. The zero-order chi connectivity index (χ0) is 18.4. The normalized spacial score (nSPS) is 20.5. The minimum atomic E-state index is -0.108. The number of esters is 1. The van der Waals surface area contributed by atoms with E-state index in [4.69, 9.17) is 4.74 Å². The Morgan fingerprint density at radius 2 is 1.73 bits per heavy atom. The number of carbonyl (C=O) groups excluding carboxylic acids is 1. The smallest absolute Gasteiger partial charge is 0.348 e. The largest absolute Gasteiger partial charge is 0.458 e. The van der Waals surface area contributed by atoms with Crippen molar-refractivity contribution in [1.82, 2.24) is 0 Å². The van der Waals surface area contributed by atoms with Gasteiger partial charge in [-0.1, -0.05) is 46.0 Å². The summed E-state index contributed by atoms with van der Waals surface area (Å²) in [5.74, 6) is 0.742. The summed E-state index contributed by atoms with van der Waals surface area (Å²) < 4.78 is 8.31. The second kappa shape index (κ2) is 9.89. The van der Waals surface area contributed by atoms with Crippen LogP contribution in [0.3, 0.4) is 0 Å². The van der Waals surface area contributed by atoms with Crippen LogP contribution in [0.4, 0.5) is 0 Å². The lowest BCUT2D eigenvalue weighted by atomic mass is 9.84. The third-order valence-electron chi connectivity index (χ3n) is 5.52. The molecule has 0 unspecified atom stereocenters. The molecule has 0 atom stereocenters. The van der Waals surface area contributed by atoms with Crippen molar-refractivity contribution in [2.24, 2.45) is 5.92 Å². The molecular weight excluding hydrogens is 360 g/mol. The Hall–Kier alpha value is -0.870. The highest BCUT2D eigenvalue weighted by atomic mass is 32.1. The summed E-state index contributed by atoms with van der Waals surface area (Å²) in [7, 11) is 0. The molecule has 26 heavy (non-hydrogen) atoms. The zero-order valence-corrected chi connectivity index (χ0v) is 17.9. The fraction of sp³-hybridized carbons (Fsp3) is 0.682. The van der Waals surface area contributed by atoms with Gasteiger partial charge in [0.25, 0.3) is 0 Å². The maximum absolute atomic E-state index is 12.5. The number of hydrogen-bond acceptors (Lipinski definition) is 4.